The number of methoxy groups -OCH3 is 1. The number of carbonyl (C=O) groups excluding carboxylic acids is 1. The molecule has 6 heteroatoms. The molecule has 2 aromatic carbocycles. The maximum absolute atomic E-state index is 12.5. The Bertz CT molecular complexity index is 1130. The van der Waals surface area contributed by atoms with E-state index in [0.29, 0.717) is 10.7 Å². The van der Waals surface area contributed by atoms with E-state index in [0.717, 1.165) is 33.3 Å². The van der Waals surface area contributed by atoms with Crippen molar-refractivity contribution < 1.29 is 13.9 Å². The summed E-state index contributed by atoms with van der Waals surface area (Å²) < 4.78 is 11.9. The molecule has 0 saturated carbocycles. The molecule has 0 radical (unpaired) electrons. The molecule has 144 valence electrons. The smallest absolute Gasteiger partial charge is 0.230 e. The van der Waals surface area contributed by atoms with E-state index in [1.807, 2.05) is 24.3 Å². The largest absolute Gasteiger partial charge is 0.497 e. The zero-order valence-corrected chi connectivity index (χ0v) is 16.8. The lowest BCUT2D eigenvalue weighted by atomic mass is 10.1. The lowest BCUT2D eigenvalue weighted by Crippen LogP contribution is -2.13. The van der Waals surface area contributed by atoms with Gasteiger partial charge in [0, 0.05) is 17.0 Å². The highest BCUT2D eigenvalue weighted by Gasteiger charge is 2.13. The van der Waals surface area contributed by atoms with Crippen molar-refractivity contribution in [1.82, 2.24) is 4.98 Å². The zero-order valence-electron chi connectivity index (χ0n) is 16.0. The zero-order chi connectivity index (χ0) is 19.5. The fourth-order valence-corrected chi connectivity index (χ4v) is 4.17. The predicted molar refractivity (Wildman–Crippen MR) is 113 cm³/mol. The van der Waals surface area contributed by atoms with Gasteiger partial charge >= 0.3 is 0 Å². The minimum Gasteiger partial charge on any atom is -0.497 e. The third-order valence-corrected chi connectivity index (χ3v) is 5.67. The summed E-state index contributed by atoms with van der Waals surface area (Å²) in [7, 11) is 1.61. The van der Waals surface area contributed by atoms with Gasteiger partial charge in [-0.1, -0.05) is 30.7 Å². The number of aryl methyl sites for hydroxylation is 1. The van der Waals surface area contributed by atoms with E-state index in [9.17, 15) is 4.79 Å². The first-order valence-corrected chi connectivity index (χ1v) is 10.2. The van der Waals surface area contributed by atoms with Crippen LogP contribution in [-0.2, 0) is 17.6 Å². The summed E-state index contributed by atoms with van der Waals surface area (Å²) in [4.78, 5) is 17.1. The van der Waals surface area contributed by atoms with Gasteiger partial charge in [-0.05, 0) is 42.7 Å². The summed E-state index contributed by atoms with van der Waals surface area (Å²) in [5.41, 5.74) is 3.79. The molecule has 0 aliphatic rings. The molecule has 4 aromatic rings. The highest BCUT2D eigenvalue weighted by molar-refractivity contribution is 7.22. The number of furan rings is 1. The Morgan fingerprint density at radius 3 is 2.96 bits per heavy atom. The molecule has 0 aliphatic heterocycles. The van der Waals surface area contributed by atoms with E-state index in [1.165, 1.54) is 29.7 Å². The number of ether oxygens (including phenoxy) is 1. The quantitative estimate of drug-likeness (QED) is 0.445. The molecule has 2 heterocycles. The minimum atomic E-state index is -0.108. The van der Waals surface area contributed by atoms with Crippen LogP contribution in [-0.4, -0.2) is 18.0 Å². The molecule has 5 nitrogen and oxygen atoms in total. The van der Waals surface area contributed by atoms with Crippen molar-refractivity contribution in [2.24, 2.45) is 0 Å². The summed E-state index contributed by atoms with van der Waals surface area (Å²) in [6.07, 6.45) is 5.29. The molecular weight excluding hydrogens is 372 g/mol. The van der Waals surface area contributed by atoms with Crippen molar-refractivity contribution in [3.63, 3.8) is 0 Å². The van der Waals surface area contributed by atoms with Crippen LogP contribution in [0.3, 0.4) is 0 Å². The van der Waals surface area contributed by atoms with Crippen LogP contribution in [0.4, 0.5) is 5.13 Å². The number of rotatable bonds is 7. The fourth-order valence-electron chi connectivity index (χ4n) is 3.22. The molecule has 1 amide bonds. The van der Waals surface area contributed by atoms with Gasteiger partial charge in [0.05, 0.1) is 30.0 Å². The Morgan fingerprint density at radius 1 is 1.25 bits per heavy atom. The van der Waals surface area contributed by atoms with E-state index >= 15 is 0 Å². The van der Waals surface area contributed by atoms with Gasteiger partial charge in [-0.25, -0.2) is 4.98 Å². The Morgan fingerprint density at radius 2 is 2.14 bits per heavy atom. The highest BCUT2D eigenvalue weighted by Crippen LogP contribution is 2.29. The maximum atomic E-state index is 12.5. The topological polar surface area (TPSA) is 64.4 Å². The highest BCUT2D eigenvalue weighted by atomic mass is 32.1. The lowest BCUT2D eigenvalue weighted by molar-refractivity contribution is -0.115. The number of amides is 1. The first-order chi connectivity index (χ1) is 13.7. The summed E-state index contributed by atoms with van der Waals surface area (Å²) >= 11 is 1.51. The number of hydrogen-bond donors (Lipinski definition) is 1. The SMILES string of the molecule is CCCCc1ccc2nc(NC(=O)Cc3coc4cc(OC)ccc34)sc2c1. The molecule has 0 atom stereocenters. The van der Waals surface area contributed by atoms with Crippen LogP contribution >= 0.6 is 11.3 Å². The number of anilines is 1. The number of thiazole rings is 1. The lowest BCUT2D eigenvalue weighted by Gasteiger charge is -2.01. The van der Waals surface area contributed by atoms with E-state index < -0.39 is 0 Å². The third kappa shape index (κ3) is 3.87. The van der Waals surface area contributed by atoms with Crippen molar-refractivity contribution >= 4 is 43.6 Å². The van der Waals surface area contributed by atoms with Crippen LogP contribution < -0.4 is 10.1 Å². The van der Waals surface area contributed by atoms with Crippen LogP contribution in [0.5, 0.6) is 5.75 Å². The van der Waals surface area contributed by atoms with Gasteiger partial charge < -0.3 is 14.5 Å². The Kier molecular flexibility index (Phi) is 5.30. The number of nitrogens with zero attached hydrogens (tertiary/aromatic N) is 1. The van der Waals surface area contributed by atoms with E-state index in [-0.39, 0.29) is 12.3 Å². The van der Waals surface area contributed by atoms with Crippen LogP contribution in [0.15, 0.2) is 47.1 Å². The number of nitrogens with one attached hydrogen (secondary N) is 1. The molecule has 0 bridgehead atoms. The molecule has 0 aliphatic carbocycles. The second kappa shape index (κ2) is 8.02. The number of hydrogen-bond acceptors (Lipinski definition) is 5. The van der Waals surface area contributed by atoms with Crippen molar-refractivity contribution in [2.45, 2.75) is 32.6 Å². The molecule has 4 rings (SSSR count). The second-order valence-corrected chi connectivity index (χ2v) is 7.80. The number of carbonyl (C=O) groups is 1. The predicted octanol–water partition coefficient (Wildman–Crippen LogP) is 5.57. The monoisotopic (exact) mass is 394 g/mol. The van der Waals surface area contributed by atoms with E-state index in [1.54, 1.807) is 13.4 Å². The van der Waals surface area contributed by atoms with Crippen LogP contribution in [0.2, 0.25) is 0 Å². The average molecular weight is 394 g/mol. The number of benzene rings is 2. The Balaban J connectivity index is 1.47. The molecule has 2 aromatic heterocycles. The van der Waals surface area contributed by atoms with E-state index in [2.05, 4.69) is 29.4 Å². The van der Waals surface area contributed by atoms with Crippen molar-refractivity contribution in [1.29, 1.82) is 0 Å². The van der Waals surface area contributed by atoms with Gasteiger partial charge in [0.25, 0.3) is 0 Å². The van der Waals surface area contributed by atoms with Crippen molar-refractivity contribution in [3.8, 4) is 5.75 Å². The molecular formula is C22H22N2O3S. The fraction of sp³-hybridized carbons (Fsp3) is 0.273. The van der Waals surface area contributed by atoms with Gasteiger partial charge in [-0.15, -0.1) is 0 Å². The summed E-state index contributed by atoms with van der Waals surface area (Å²) in [5, 5.41) is 4.47. The second-order valence-electron chi connectivity index (χ2n) is 6.77. The molecule has 0 fully saturated rings. The first kappa shape index (κ1) is 18.5. The minimum absolute atomic E-state index is 0.108. The van der Waals surface area contributed by atoms with Gasteiger partial charge in [0.2, 0.25) is 5.91 Å². The van der Waals surface area contributed by atoms with Gasteiger partial charge in [0.1, 0.15) is 11.3 Å². The first-order valence-electron chi connectivity index (χ1n) is 9.39. The van der Waals surface area contributed by atoms with Gasteiger partial charge in [0.15, 0.2) is 5.13 Å². The molecule has 28 heavy (non-hydrogen) atoms. The normalized spacial score (nSPS) is 11.2. The molecule has 0 spiro atoms. The molecule has 0 unspecified atom stereocenters. The molecule has 0 saturated heterocycles. The number of fused-ring (bicyclic) bond motifs is 2. The molecule has 1 N–H and O–H groups in total. The van der Waals surface area contributed by atoms with Crippen LogP contribution in [0.25, 0.3) is 21.2 Å². The van der Waals surface area contributed by atoms with Gasteiger partial charge in [-0.3, -0.25) is 4.79 Å². The van der Waals surface area contributed by atoms with Gasteiger partial charge in [-0.2, -0.15) is 0 Å². The number of aromatic nitrogens is 1. The average Bonchev–Trinajstić information content (AvgIpc) is 3.28. The Labute approximate surface area is 167 Å². The summed E-state index contributed by atoms with van der Waals surface area (Å²) in [5.74, 6) is 0.620. The summed E-state index contributed by atoms with van der Waals surface area (Å²) in [6.45, 7) is 2.19. The van der Waals surface area contributed by atoms with Crippen LogP contribution in [0.1, 0.15) is 30.9 Å². The standard InChI is InChI=1S/C22H22N2O3S/c1-3-4-5-14-6-9-18-20(10-14)28-22(23-18)24-21(25)11-15-13-27-19-12-16(26-2)7-8-17(15)19/h6-10,12-13H,3-5,11H2,1-2H3,(H,23,24,25). The van der Waals surface area contributed by atoms with E-state index in [4.69, 9.17) is 9.15 Å². The third-order valence-electron chi connectivity index (χ3n) is 4.73. The Hall–Kier alpha value is -2.86. The van der Waals surface area contributed by atoms with Crippen molar-refractivity contribution in [3.05, 3.63) is 53.8 Å². The number of unbranched alkanes of at least 4 members (excludes halogenated alkanes) is 1. The summed E-state index contributed by atoms with van der Waals surface area (Å²) in [6, 6.07) is 11.9. The maximum Gasteiger partial charge on any atom is 0.230 e. The van der Waals surface area contributed by atoms with Crippen LogP contribution in [0, 0.1) is 0 Å². The van der Waals surface area contributed by atoms with Crippen molar-refractivity contribution in [2.75, 3.05) is 12.4 Å².